The smallest absolute Gasteiger partial charge is 0.0901 e. The Hall–Kier alpha value is -1.00. The molecule has 1 N–H and O–H groups in total. The van der Waals surface area contributed by atoms with Crippen LogP contribution in [0.3, 0.4) is 0 Å². The molecule has 0 spiro atoms. The van der Waals surface area contributed by atoms with Crippen LogP contribution in [0.5, 0.6) is 0 Å². The molecule has 0 saturated carbocycles. The van der Waals surface area contributed by atoms with E-state index in [9.17, 15) is 0 Å². The number of nitrogens with one attached hydrogen (secondary N) is 1. The molecule has 1 aromatic carbocycles. The van der Waals surface area contributed by atoms with E-state index < -0.39 is 0 Å². The number of aryl methyl sites for hydroxylation is 1. The molecule has 1 saturated heterocycles. The normalized spacial score (nSPS) is 22.6. The largest absolute Gasteiger partial charge is 0.381 e. The summed E-state index contributed by atoms with van der Waals surface area (Å²) >= 11 is 3.76. The second kappa shape index (κ2) is 5.55. The Kier molecular flexibility index (Phi) is 3.80. The Balaban J connectivity index is 1.76. The maximum absolute atomic E-state index is 4.55. The number of thiazole rings is 1. The molecule has 0 aliphatic carbocycles. The van der Waals surface area contributed by atoms with Gasteiger partial charge in [-0.2, -0.15) is 11.8 Å². The minimum absolute atomic E-state index is 0.604. The lowest BCUT2D eigenvalue weighted by atomic mass is 10.1. The third kappa shape index (κ3) is 3.12. The van der Waals surface area contributed by atoms with Gasteiger partial charge in [0.25, 0.3) is 0 Å². The van der Waals surface area contributed by atoms with Gasteiger partial charge >= 0.3 is 0 Å². The molecular formula is C15H18N2S2. The first-order valence-corrected chi connectivity index (χ1v) is 8.54. The third-order valence-electron chi connectivity index (χ3n) is 3.35. The van der Waals surface area contributed by atoms with E-state index in [2.05, 4.69) is 58.6 Å². The lowest BCUT2D eigenvalue weighted by molar-refractivity contribution is 0.747. The summed E-state index contributed by atoms with van der Waals surface area (Å²) in [6.07, 6.45) is 1.25. The SMILES string of the molecule is Cc1nc(-c2cccc(NC3CSC(C)C3)c2)cs1. The zero-order chi connectivity index (χ0) is 13.2. The van der Waals surface area contributed by atoms with Crippen molar-refractivity contribution in [2.24, 2.45) is 0 Å². The predicted octanol–water partition coefficient (Wildman–Crippen LogP) is 4.42. The second-order valence-corrected chi connectivity index (χ2v) is 7.59. The molecule has 1 aliphatic rings. The highest BCUT2D eigenvalue weighted by atomic mass is 32.2. The van der Waals surface area contributed by atoms with Crippen LogP contribution in [0.4, 0.5) is 5.69 Å². The van der Waals surface area contributed by atoms with E-state index in [0.29, 0.717) is 6.04 Å². The first kappa shape index (κ1) is 13.0. The summed E-state index contributed by atoms with van der Waals surface area (Å²) < 4.78 is 0. The van der Waals surface area contributed by atoms with Crippen LogP contribution < -0.4 is 5.32 Å². The lowest BCUT2D eigenvalue weighted by Gasteiger charge is -2.13. The molecule has 2 atom stereocenters. The van der Waals surface area contributed by atoms with Crippen LogP contribution in [0, 0.1) is 6.92 Å². The molecule has 2 unspecified atom stereocenters. The van der Waals surface area contributed by atoms with Crippen molar-refractivity contribution in [3.05, 3.63) is 34.7 Å². The minimum Gasteiger partial charge on any atom is -0.381 e. The van der Waals surface area contributed by atoms with Crippen LogP contribution >= 0.6 is 23.1 Å². The summed E-state index contributed by atoms with van der Waals surface area (Å²) in [5, 5.41) is 7.67. The number of nitrogens with zero attached hydrogens (tertiary/aromatic N) is 1. The molecule has 100 valence electrons. The molecule has 4 heteroatoms. The van der Waals surface area contributed by atoms with Crippen LogP contribution in [0.15, 0.2) is 29.6 Å². The van der Waals surface area contributed by atoms with Crippen LogP contribution in [-0.4, -0.2) is 22.0 Å². The zero-order valence-electron chi connectivity index (χ0n) is 11.2. The average Bonchev–Trinajstić information content (AvgIpc) is 2.99. The molecule has 0 bridgehead atoms. The number of thioether (sulfide) groups is 1. The Morgan fingerprint density at radius 1 is 1.37 bits per heavy atom. The Morgan fingerprint density at radius 2 is 2.26 bits per heavy atom. The van der Waals surface area contributed by atoms with Gasteiger partial charge in [-0.05, 0) is 25.5 Å². The maximum atomic E-state index is 4.55. The van der Waals surface area contributed by atoms with Crippen molar-refractivity contribution in [1.29, 1.82) is 0 Å². The van der Waals surface area contributed by atoms with E-state index in [1.165, 1.54) is 23.4 Å². The van der Waals surface area contributed by atoms with Crippen molar-refractivity contribution in [3.63, 3.8) is 0 Å². The topological polar surface area (TPSA) is 24.9 Å². The number of hydrogen-bond acceptors (Lipinski definition) is 4. The first-order valence-electron chi connectivity index (χ1n) is 6.61. The van der Waals surface area contributed by atoms with Crippen LogP contribution in [-0.2, 0) is 0 Å². The van der Waals surface area contributed by atoms with Crippen molar-refractivity contribution >= 4 is 28.8 Å². The van der Waals surface area contributed by atoms with Gasteiger partial charge in [-0.3, -0.25) is 0 Å². The van der Waals surface area contributed by atoms with Crippen molar-refractivity contribution in [3.8, 4) is 11.3 Å². The highest BCUT2D eigenvalue weighted by Gasteiger charge is 2.21. The molecule has 0 amide bonds. The summed E-state index contributed by atoms with van der Waals surface area (Å²) in [4.78, 5) is 4.55. The monoisotopic (exact) mass is 290 g/mol. The van der Waals surface area contributed by atoms with Gasteiger partial charge < -0.3 is 5.32 Å². The van der Waals surface area contributed by atoms with Gasteiger partial charge in [0.15, 0.2) is 0 Å². The molecular weight excluding hydrogens is 272 g/mol. The van der Waals surface area contributed by atoms with E-state index in [1.54, 1.807) is 11.3 Å². The fourth-order valence-corrected chi connectivity index (χ4v) is 4.19. The Morgan fingerprint density at radius 3 is 2.95 bits per heavy atom. The number of hydrogen-bond donors (Lipinski definition) is 1. The molecule has 1 aliphatic heterocycles. The average molecular weight is 290 g/mol. The van der Waals surface area contributed by atoms with Gasteiger partial charge in [0.05, 0.1) is 10.7 Å². The van der Waals surface area contributed by atoms with Crippen LogP contribution in [0.2, 0.25) is 0 Å². The van der Waals surface area contributed by atoms with E-state index in [4.69, 9.17) is 0 Å². The maximum Gasteiger partial charge on any atom is 0.0901 e. The molecule has 1 fully saturated rings. The van der Waals surface area contributed by atoms with Gasteiger partial charge in [0, 0.05) is 33.7 Å². The van der Waals surface area contributed by atoms with Gasteiger partial charge in [-0.15, -0.1) is 11.3 Å². The number of aromatic nitrogens is 1. The fraction of sp³-hybridized carbons (Fsp3) is 0.400. The van der Waals surface area contributed by atoms with E-state index in [1.807, 2.05) is 6.92 Å². The van der Waals surface area contributed by atoms with Gasteiger partial charge in [0.1, 0.15) is 0 Å². The third-order valence-corrected chi connectivity index (χ3v) is 5.48. The summed E-state index contributed by atoms with van der Waals surface area (Å²) in [6, 6.07) is 9.20. The summed E-state index contributed by atoms with van der Waals surface area (Å²) in [7, 11) is 0. The van der Waals surface area contributed by atoms with Crippen molar-refractivity contribution in [1.82, 2.24) is 4.98 Å². The van der Waals surface area contributed by atoms with Crippen molar-refractivity contribution in [2.45, 2.75) is 31.6 Å². The fourth-order valence-electron chi connectivity index (χ4n) is 2.42. The van der Waals surface area contributed by atoms with Gasteiger partial charge in [0.2, 0.25) is 0 Å². The van der Waals surface area contributed by atoms with Gasteiger partial charge in [-0.25, -0.2) is 4.98 Å². The van der Waals surface area contributed by atoms with E-state index >= 15 is 0 Å². The van der Waals surface area contributed by atoms with Crippen molar-refractivity contribution in [2.75, 3.05) is 11.1 Å². The Labute approximate surface area is 122 Å². The molecule has 19 heavy (non-hydrogen) atoms. The van der Waals surface area contributed by atoms with E-state index in [0.717, 1.165) is 16.0 Å². The summed E-state index contributed by atoms with van der Waals surface area (Å²) in [6.45, 7) is 4.36. The Bertz CT molecular complexity index is 565. The second-order valence-electron chi connectivity index (χ2n) is 5.05. The summed E-state index contributed by atoms with van der Waals surface area (Å²) in [5.74, 6) is 1.21. The quantitative estimate of drug-likeness (QED) is 0.905. The van der Waals surface area contributed by atoms with Crippen molar-refractivity contribution < 1.29 is 0 Å². The highest BCUT2D eigenvalue weighted by molar-refractivity contribution is 8.00. The van der Waals surface area contributed by atoms with Crippen LogP contribution in [0.1, 0.15) is 18.4 Å². The van der Waals surface area contributed by atoms with E-state index in [-0.39, 0.29) is 0 Å². The summed E-state index contributed by atoms with van der Waals surface area (Å²) in [5.41, 5.74) is 3.50. The number of benzene rings is 1. The number of anilines is 1. The molecule has 1 aromatic heterocycles. The first-order chi connectivity index (χ1) is 9.20. The van der Waals surface area contributed by atoms with Gasteiger partial charge in [-0.1, -0.05) is 19.1 Å². The molecule has 3 rings (SSSR count). The predicted molar refractivity (Wildman–Crippen MR) is 86.2 cm³/mol. The standard InChI is InChI=1S/C15H18N2S2/c1-10-6-14(8-18-10)17-13-5-3-4-12(7-13)15-9-19-11(2)16-15/h3-5,7,9-10,14,17H,6,8H2,1-2H3. The molecule has 2 aromatic rings. The zero-order valence-corrected chi connectivity index (χ0v) is 12.9. The lowest BCUT2D eigenvalue weighted by Crippen LogP contribution is -2.18. The van der Waals surface area contributed by atoms with Crippen LogP contribution in [0.25, 0.3) is 11.3 Å². The molecule has 0 radical (unpaired) electrons. The highest BCUT2D eigenvalue weighted by Crippen LogP contribution is 2.30. The molecule has 2 nitrogen and oxygen atoms in total. The molecule has 2 heterocycles. The minimum atomic E-state index is 0.604. The number of rotatable bonds is 3.